The van der Waals surface area contributed by atoms with Crippen LogP contribution in [0.5, 0.6) is 0 Å². The molecule has 1 unspecified atom stereocenters. The number of rotatable bonds is 2. The van der Waals surface area contributed by atoms with Crippen molar-refractivity contribution in [3.05, 3.63) is 29.1 Å². The summed E-state index contributed by atoms with van der Waals surface area (Å²) in [6.45, 7) is 0.639. The van der Waals surface area contributed by atoms with Crippen LogP contribution in [0, 0.1) is 5.82 Å². The van der Waals surface area contributed by atoms with Crippen molar-refractivity contribution in [1.29, 1.82) is 0 Å². The van der Waals surface area contributed by atoms with Gasteiger partial charge in [-0.25, -0.2) is 4.39 Å². The Bertz CT molecular complexity index is 915. The lowest BCUT2D eigenvalue weighted by Crippen LogP contribution is -2.54. The molecule has 2 saturated heterocycles. The summed E-state index contributed by atoms with van der Waals surface area (Å²) in [5.74, 6) is -3.68. The summed E-state index contributed by atoms with van der Waals surface area (Å²) in [6.07, 6.45) is 0.0318. The number of nitrogens with one attached hydrogen (secondary N) is 2. The van der Waals surface area contributed by atoms with Crippen molar-refractivity contribution in [3.8, 4) is 0 Å². The van der Waals surface area contributed by atoms with Gasteiger partial charge in [0.25, 0.3) is 11.8 Å². The standard InChI is InChI=1S/C17H15FN4O5/c18-10-5-8-9(6-12(10)21-4-3-19-14(24)7-21)17(27)22(16(8)26)11-1-2-13(23)20-15(11)25/h5-6,11H,1-4,7H2,(H,19,24)(H,20,23,25). The highest BCUT2D eigenvalue weighted by atomic mass is 19.1. The van der Waals surface area contributed by atoms with Gasteiger partial charge in [0.1, 0.15) is 11.9 Å². The summed E-state index contributed by atoms with van der Waals surface area (Å²) in [5.41, 5.74) is -0.102. The Hall–Kier alpha value is -3.30. The normalized spacial score (nSPS) is 22.7. The van der Waals surface area contributed by atoms with E-state index in [1.807, 2.05) is 0 Å². The molecule has 0 aromatic heterocycles. The summed E-state index contributed by atoms with van der Waals surface area (Å²) in [7, 11) is 0. The summed E-state index contributed by atoms with van der Waals surface area (Å²) in [4.78, 5) is 62.5. The average Bonchev–Trinajstić information content (AvgIpc) is 2.85. The highest BCUT2D eigenvalue weighted by Crippen LogP contribution is 2.32. The maximum Gasteiger partial charge on any atom is 0.262 e. The van der Waals surface area contributed by atoms with Crippen molar-refractivity contribution in [2.45, 2.75) is 18.9 Å². The number of anilines is 1. The Morgan fingerprint density at radius 3 is 2.37 bits per heavy atom. The zero-order valence-electron chi connectivity index (χ0n) is 14.1. The number of hydrogen-bond acceptors (Lipinski definition) is 6. The minimum absolute atomic E-state index is 0.00626. The molecule has 0 radical (unpaired) electrons. The number of halogens is 1. The number of piperidine rings is 1. The van der Waals surface area contributed by atoms with Crippen molar-refractivity contribution >= 4 is 35.2 Å². The van der Waals surface area contributed by atoms with Crippen LogP contribution in [0.25, 0.3) is 0 Å². The Labute approximate surface area is 152 Å². The van der Waals surface area contributed by atoms with Crippen molar-refractivity contribution in [1.82, 2.24) is 15.5 Å². The molecule has 9 nitrogen and oxygen atoms in total. The summed E-state index contributed by atoms with van der Waals surface area (Å²) >= 11 is 0. The third-order valence-electron chi connectivity index (χ3n) is 4.89. The second-order valence-corrected chi connectivity index (χ2v) is 6.57. The lowest BCUT2D eigenvalue weighted by molar-refractivity contribution is -0.136. The molecule has 0 saturated carbocycles. The molecule has 0 aliphatic carbocycles. The molecular weight excluding hydrogens is 359 g/mol. The van der Waals surface area contributed by atoms with E-state index < -0.39 is 35.5 Å². The van der Waals surface area contributed by atoms with E-state index in [2.05, 4.69) is 10.6 Å². The van der Waals surface area contributed by atoms with Crippen LogP contribution in [0.3, 0.4) is 0 Å². The Morgan fingerprint density at radius 1 is 1.00 bits per heavy atom. The Kier molecular flexibility index (Phi) is 3.90. The summed E-state index contributed by atoms with van der Waals surface area (Å²) < 4.78 is 14.6. The molecule has 10 heteroatoms. The molecule has 5 amide bonds. The first-order valence-electron chi connectivity index (χ1n) is 8.43. The van der Waals surface area contributed by atoms with Gasteiger partial charge in [-0.1, -0.05) is 0 Å². The van der Waals surface area contributed by atoms with Crippen LogP contribution >= 0.6 is 0 Å². The Balaban J connectivity index is 1.68. The van der Waals surface area contributed by atoms with Gasteiger partial charge >= 0.3 is 0 Å². The summed E-state index contributed by atoms with van der Waals surface area (Å²) in [5, 5.41) is 4.73. The van der Waals surface area contributed by atoms with Gasteiger partial charge in [0.05, 0.1) is 23.4 Å². The second kappa shape index (κ2) is 6.15. The fourth-order valence-electron chi connectivity index (χ4n) is 3.57. The van der Waals surface area contributed by atoms with Crippen LogP contribution in [-0.2, 0) is 14.4 Å². The van der Waals surface area contributed by atoms with E-state index >= 15 is 0 Å². The molecule has 2 N–H and O–H groups in total. The van der Waals surface area contributed by atoms with Gasteiger partial charge < -0.3 is 10.2 Å². The number of benzene rings is 1. The van der Waals surface area contributed by atoms with Gasteiger partial charge in [-0.2, -0.15) is 0 Å². The first-order chi connectivity index (χ1) is 12.9. The minimum Gasteiger partial charge on any atom is -0.358 e. The molecular formula is C17H15FN4O5. The quantitative estimate of drug-likeness (QED) is 0.653. The largest absolute Gasteiger partial charge is 0.358 e. The molecule has 1 aromatic rings. The van der Waals surface area contributed by atoms with E-state index in [1.54, 1.807) is 0 Å². The molecule has 140 valence electrons. The van der Waals surface area contributed by atoms with Crippen LogP contribution < -0.4 is 15.5 Å². The number of hydrogen-bond donors (Lipinski definition) is 2. The van der Waals surface area contributed by atoms with Gasteiger partial charge in [0.2, 0.25) is 17.7 Å². The number of carbonyl (C=O) groups is 5. The van der Waals surface area contributed by atoms with Gasteiger partial charge in [-0.15, -0.1) is 0 Å². The first kappa shape index (κ1) is 17.1. The maximum absolute atomic E-state index is 14.6. The molecule has 0 spiro atoms. The SMILES string of the molecule is O=C1CN(c2cc3c(cc2F)C(=O)N(C2CCC(=O)NC2=O)C3=O)CCN1. The molecule has 1 atom stereocenters. The number of carbonyl (C=O) groups excluding carboxylic acids is 5. The zero-order valence-corrected chi connectivity index (χ0v) is 14.1. The van der Waals surface area contributed by atoms with Crippen LogP contribution in [0.15, 0.2) is 12.1 Å². The monoisotopic (exact) mass is 374 g/mol. The van der Waals surface area contributed by atoms with Crippen molar-refractivity contribution in [2.75, 3.05) is 24.5 Å². The first-order valence-corrected chi connectivity index (χ1v) is 8.43. The fraction of sp³-hybridized carbons (Fsp3) is 0.353. The molecule has 0 bridgehead atoms. The molecule has 3 aliphatic rings. The van der Waals surface area contributed by atoms with Gasteiger partial charge in [-0.3, -0.25) is 34.2 Å². The fourth-order valence-corrected chi connectivity index (χ4v) is 3.57. The minimum atomic E-state index is -1.11. The zero-order chi connectivity index (χ0) is 19.3. The van der Waals surface area contributed by atoms with E-state index in [9.17, 15) is 28.4 Å². The third kappa shape index (κ3) is 2.73. The van der Waals surface area contributed by atoms with E-state index in [-0.39, 0.29) is 42.1 Å². The molecule has 1 aromatic carbocycles. The molecule has 3 aliphatic heterocycles. The van der Waals surface area contributed by atoms with E-state index in [1.165, 1.54) is 11.0 Å². The van der Waals surface area contributed by atoms with E-state index in [0.717, 1.165) is 11.0 Å². The molecule has 3 heterocycles. The smallest absolute Gasteiger partial charge is 0.262 e. The predicted octanol–water partition coefficient (Wildman–Crippen LogP) is -0.837. The number of fused-ring (bicyclic) bond motifs is 1. The van der Waals surface area contributed by atoms with Crippen molar-refractivity contribution in [2.24, 2.45) is 0 Å². The molecule has 2 fully saturated rings. The number of nitrogens with zero attached hydrogens (tertiary/aromatic N) is 2. The average molecular weight is 374 g/mol. The van der Waals surface area contributed by atoms with Crippen LogP contribution in [0.1, 0.15) is 33.6 Å². The van der Waals surface area contributed by atoms with Gasteiger partial charge in [-0.05, 0) is 18.6 Å². The Morgan fingerprint density at radius 2 is 1.70 bits per heavy atom. The van der Waals surface area contributed by atoms with Crippen molar-refractivity contribution in [3.63, 3.8) is 0 Å². The third-order valence-corrected chi connectivity index (χ3v) is 4.89. The van der Waals surface area contributed by atoms with Gasteiger partial charge in [0, 0.05) is 19.5 Å². The lowest BCUT2D eigenvalue weighted by atomic mass is 10.0. The van der Waals surface area contributed by atoms with Crippen molar-refractivity contribution < 1.29 is 28.4 Å². The predicted molar refractivity (Wildman–Crippen MR) is 88.3 cm³/mol. The maximum atomic E-state index is 14.6. The van der Waals surface area contributed by atoms with E-state index in [0.29, 0.717) is 13.1 Å². The van der Waals surface area contributed by atoms with Crippen LogP contribution in [-0.4, -0.2) is 60.1 Å². The van der Waals surface area contributed by atoms with E-state index in [4.69, 9.17) is 0 Å². The second-order valence-electron chi connectivity index (χ2n) is 6.57. The van der Waals surface area contributed by atoms with Crippen LogP contribution in [0.2, 0.25) is 0 Å². The number of piperazine rings is 1. The highest BCUT2D eigenvalue weighted by Gasteiger charge is 2.45. The lowest BCUT2D eigenvalue weighted by Gasteiger charge is -2.29. The number of imide groups is 2. The molecule has 4 rings (SSSR count). The topological polar surface area (TPSA) is 116 Å². The van der Waals surface area contributed by atoms with Crippen LogP contribution in [0.4, 0.5) is 10.1 Å². The summed E-state index contributed by atoms with van der Waals surface area (Å²) in [6, 6.07) is 1.10. The number of amides is 5. The molecule has 27 heavy (non-hydrogen) atoms. The van der Waals surface area contributed by atoms with Gasteiger partial charge in [0.15, 0.2) is 0 Å². The highest BCUT2D eigenvalue weighted by molar-refractivity contribution is 6.23.